The van der Waals surface area contributed by atoms with Gasteiger partial charge in [-0.15, -0.1) is 0 Å². The van der Waals surface area contributed by atoms with Crippen LogP contribution in [0.2, 0.25) is 0 Å². The standard InChI is InChI=1S/C41H70O13/c1-21(2)9-8-13-40(7,50)22-10-14-39(6)29(22)23(44)17-27-38(39,5)15-11-26-37(3,4)28(12-16-41(26,27)20-43)53-36-34(30(46)24(45)19-51-36)54-35-33(49)32(48)31(47)25(18-42)52-35/h9,22-36,42-50H,8,10-20H2,1-7H3/t22?,23?,24-,25+,26?,27?,28?,29?,30+,31+,32-,33+,34+,35-,36-,38?,39?,40?,41?/m0/s1. The molecule has 0 aromatic carbocycles. The minimum absolute atomic E-state index is 0.00692. The van der Waals surface area contributed by atoms with E-state index in [0.29, 0.717) is 25.7 Å². The smallest absolute Gasteiger partial charge is 0.187 e. The summed E-state index contributed by atoms with van der Waals surface area (Å²) >= 11 is 0. The van der Waals surface area contributed by atoms with Crippen molar-refractivity contribution in [3.8, 4) is 0 Å². The molecule has 13 nitrogen and oxygen atoms in total. The molecule has 9 N–H and O–H groups in total. The predicted octanol–water partition coefficient (Wildman–Crippen LogP) is 1.76. The second-order valence-corrected chi connectivity index (χ2v) is 19.6. The molecule has 2 heterocycles. The van der Waals surface area contributed by atoms with Crippen LogP contribution in [0.5, 0.6) is 0 Å². The molecule has 0 aromatic rings. The van der Waals surface area contributed by atoms with Gasteiger partial charge < -0.3 is 64.9 Å². The minimum atomic E-state index is -1.72. The van der Waals surface area contributed by atoms with E-state index in [2.05, 4.69) is 47.6 Å². The Bertz CT molecular complexity index is 1340. The molecule has 0 amide bonds. The lowest BCUT2D eigenvalue weighted by atomic mass is 9.34. The van der Waals surface area contributed by atoms with Crippen molar-refractivity contribution < 1.29 is 64.9 Å². The summed E-state index contributed by atoms with van der Waals surface area (Å²) in [5.41, 5.74) is -1.10. The molecule has 4 saturated carbocycles. The molecule has 0 spiro atoms. The van der Waals surface area contributed by atoms with Crippen LogP contribution < -0.4 is 0 Å². The number of fused-ring (bicyclic) bond motifs is 5. The van der Waals surface area contributed by atoms with Gasteiger partial charge in [0.1, 0.15) is 42.7 Å². The number of hydrogen-bond donors (Lipinski definition) is 9. The molecule has 312 valence electrons. The van der Waals surface area contributed by atoms with E-state index < -0.39 is 90.6 Å². The Morgan fingerprint density at radius 2 is 1.48 bits per heavy atom. The van der Waals surface area contributed by atoms with E-state index in [0.717, 1.165) is 32.1 Å². The van der Waals surface area contributed by atoms with Crippen LogP contribution in [0.15, 0.2) is 11.6 Å². The summed E-state index contributed by atoms with van der Waals surface area (Å²) in [6, 6.07) is 0. The van der Waals surface area contributed by atoms with Gasteiger partial charge in [-0.3, -0.25) is 0 Å². The zero-order valence-corrected chi connectivity index (χ0v) is 33.4. The summed E-state index contributed by atoms with van der Waals surface area (Å²) in [4.78, 5) is 0. The quantitative estimate of drug-likeness (QED) is 0.114. The molecular formula is C41H70O13. The van der Waals surface area contributed by atoms with Gasteiger partial charge in [0.2, 0.25) is 0 Å². The van der Waals surface area contributed by atoms with Crippen LogP contribution in [0.4, 0.5) is 0 Å². The first kappa shape index (κ1) is 42.8. The highest BCUT2D eigenvalue weighted by Gasteiger charge is 2.72. The van der Waals surface area contributed by atoms with Crippen molar-refractivity contribution in [3.63, 3.8) is 0 Å². The van der Waals surface area contributed by atoms with Gasteiger partial charge >= 0.3 is 0 Å². The summed E-state index contributed by atoms with van der Waals surface area (Å²) < 4.78 is 24.1. The maximum atomic E-state index is 12.2. The van der Waals surface area contributed by atoms with Gasteiger partial charge in [-0.25, -0.2) is 0 Å². The highest BCUT2D eigenvalue weighted by atomic mass is 16.8. The largest absolute Gasteiger partial charge is 0.396 e. The topological polar surface area (TPSA) is 219 Å². The van der Waals surface area contributed by atoms with Crippen LogP contribution in [-0.2, 0) is 18.9 Å². The summed E-state index contributed by atoms with van der Waals surface area (Å²) in [7, 11) is 0. The third-order valence-corrected chi connectivity index (χ3v) is 16.2. The highest BCUT2D eigenvalue weighted by molar-refractivity contribution is 5.21. The first-order valence-corrected chi connectivity index (χ1v) is 20.4. The van der Waals surface area contributed by atoms with Gasteiger partial charge in [0.05, 0.1) is 31.0 Å². The lowest BCUT2D eigenvalue weighted by Crippen LogP contribution is -2.68. The van der Waals surface area contributed by atoms with Gasteiger partial charge in [0.15, 0.2) is 12.6 Å². The molecule has 19 atom stereocenters. The van der Waals surface area contributed by atoms with E-state index >= 15 is 0 Å². The molecule has 0 radical (unpaired) electrons. The number of aliphatic hydroxyl groups is 9. The van der Waals surface area contributed by atoms with Crippen molar-refractivity contribution in [2.45, 2.75) is 179 Å². The lowest BCUT2D eigenvalue weighted by Gasteiger charge is -2.71. The summed E-state index contributed by atoms with van der Waals surface area (Å²) in [6.07, 6.45) is -5.40. The van der Waals surface area contributed by atoms with E-state index in [1.807, 2.05) is 6.92 Å². The number of rotatable bonds is 10. The number of aliphatic hydroxyl groups excluding tert-OH is 8. The Morgan fingerprint density at radius 3 is 2.13 bits per heavy atom. The van der Waals surface area contributed by atoms with E-state index in [1.165, 1.54) is 5.57 Å². The molecule has 6 fully saturated rings. The predicted molar refractivity (Wildman–Crippen MR) is 196 cm³/mol. The van der Waals surface area contributed by atoms with Crippen LogP contribution in [0.1, 0.15) is 106 Å². The zero-order chi connectivity index (χ0) is 39.8. The van der Waals surface area contributed by atoms with Gasteiger partial charge in [-0.05, 0) is 118 Å². The third-order valence-electron chi connectivity index (χ3n) is 16.2. The van der Waals surface area contributed by atoms with Crippen molar-refractivity contribution in [2.75, 3.05) is 19.8 Å². The first-order valence-electron chi connectivity index (χ1n) is 20.4. The van der Waals surface area contributed by atoms with Gasteiger partial charge in [0.25, 0.3) is 0 Å². The normalized spacial score (nSPS) is 51.4. The van der Waals surface area contributed by atoms with Crippen LogP contribution in [0, 0.1) is 45.3 Å². The lowest BCUT2D eigenvalue weighted by molar-refractivity contribution is -0.368. The van der Waals surface area contributed by atoms with Crippen LogP contribution in [0.3, 0.4) is 0 Å². The molecule has 54 heavy (non-hydrogen) atoms. The Kier molecular flexibility index (Phi) is 12.2. The summed E-state index contributed by atoms with van der Waals surface area (Å²) in [5, 5.41) is 98.2. The maximum Gasteiger partial charge on any atom is 0.187 e. The molecule has 10 unspecified atom stereocenters. The average molecular weight is 771 g/mol. The Balaban J connectivity index is 1.22. The molecule has 2 saturated heterocycles. The minimum Gasteiger partial charge on any atom is -0.396 e. The van der Waals surface area contributed by atoms with E-state index in [9.17, 15) is 46.0 Å². The van der Waals surface area contributed by atoms with Crippen molar-refractivity contribution in [3.05, 3.63) is 11.6 Å². The van der Waals surface area contributed by atoms with Gasteiger partial charge in [0, 0.05) is 12.0 Å². The van der Waals surface area contributed by atoms with Crippen molar-refractivity contribution in [2.24, 2.45) is 45.3 Å². The summed E-state index contributed by atoms with van der Waals surface area (Å²) in [5.74, 6) is -0.0322. The maximum absolute atomic E-state index is 12.2. The van der Waals surface area contributed by atoms with E-state index in [1.54, 1.807) is 0 Å². The van der Waals surface area contributed by atoms with Crippen molar-refractivity contribution >= 4 is 0 Å². The van der Waals surface area contributed by atoms with Crippen molar-refractivity contribution in [1.82, 2.24) is 0 Å². The second kappa shape index (κ2) is 15.4. The fraction of sp³-hybridized carbons (Fsp3) is 0.951. The van der Waals surface area contributed by atoms with E-state index in [-0.39, 0.29) is 47.7 Å². The second-order valence-electron chi connectivity index (χ2n) is 19.6. The molecule has 13 heteroatoms. The van der Waals surface area contributed by atoms with Crippen LogP contribution >= 0.6 is 0 Å². The molecule has 6 aliphatic rings. The number of ether oxygens (including phenoxy) is 4. The Morgan fingerprint density at radius 1 is 0.796 bits per heavy atom. The SMILES string of the molecule is CC(C)=CCCC(C)(O)C1CCC2(C)C1C(O)CC1C3(CO)CCC(O[C@@H]4OC[C@H](O)[C@@H](O)[C@H]4O[C@@H]4O[C@H](CO)[C@@H](O)[C@H](O)[C@H]4O)C(C)(C)C3CCC12C. The van der Waals surface area contributed by atoms with Gasteiger partial charge in [-0.1, -0.05) is 39.3 Å². The van der Waals surface area contributed by atoms with Gasteiger partial charge in [-0.2, -0.15) is 0 Å². The van der Waals surface area contributed by atoms with Crippen molar-refractivity contribution in [1.29, 1.82) is 0 Å². The first-order chi connectivity index (χ1) is 25.2. The molecule has 0 aromatic heterocycles. The summed E-state index contributed by atoms with van der Waals surface area (Å²) in [6.45, 7) is 14.1. The zero-order valence-electron chi connectivity index (χ0n) is 33.4. The van der Waals surface area contributed by atoms with E-state index in [4.69, 9.17) is 18.9 Å². The number of hydrogen-bond acceptors (Lipinski definition) is 13. The highest BCUT2D eigenvalue weighted by Crippen LogP contribution is 2.76. The van der Waals surface area contributed by atoms with Crippen LogP contribution in [0.25, 0.3) is 0 Å². The number of allylic oxidation sites excluding steroid dienone is 2. The average Bonchev–Trinajstić information content (AvgIpc) is 3.50. The monoisotopic (exact) mass is 770 g/mol. The Hall–Kier alpha value is -0.780. The third kappa shape index (κ3) is 6.86. The molecule has 2 aliphatic heterocycles. The fourth-order valence-electron chi connectivity index (χ4n) is 13.0. The Labute approximate surface area is 320 Å². The molecule has 4 aliphatic carbocycles. The molecular weight excluding hydrogens is 700 g/mol. The van der Waals surface area contributed by atoms with Crippen LogP contribution in [-0.4, -0.2) is 139 Å². The fourth-order valence-corrected chi connectivity index (χ4v) is 13.0. The molecule has 6 rings (SSSR count). The molecule has 0 bridgehead atoms.